The van der Waals surface area contributed by atoms with Gasteiger partial charge in [0.1, 0.15) is 0 Å². The molecule has 1 aromatic rings. The van der Waals surface area contributed by atoms with Gasteiger partial charge in [0.2, 0.25) is 5.91 Å². The molecule has 0 spiro atoms. The highest BCUT2D eigenvalue weighted by atomic mass is 16.1. The maximum atomic E-state index is 11.8. The van der Waals surface area contributed by atoms with E-state index in [-0.39, 0.29) is 5.91 Å². The number of hydrogen-bond acceptors (Lipinski definition) is 2. The Morgan fingerprint density at radius 2 is 1.94 bits per heavy atom. The lowest BCUT2D eigenvalue weighted by atomic mass is 10.1. The Balaban J connectivity index is 2.36. The minimum atomic E-state index is 0.0625. The van der Waals surface area contributed by atoms with Gasteiger partial charge in [-0.2, -0.15) is 0 Å². The van der Waals surface area contributed by atoms with Crippen LogP contribution >= 0.6 is 0 Å². The van der Waals surface area contributed by atoms with E-state index in [9.17, 15) is 4.79 Å². The Hall–Kier alpha value is -1.51. The summed E-state index contributed by atoms with van der Waals surface area (Å²) in [5, 5.41) is 2.91. The van der Waals surface area contributed by atoms with Gasteiger partial charge in [-0.3, -0.25) is 4.79 Å². The van der Waals surface area contributed by atoms with E-state index in [1.165, 1.54) is 19.3 Å². The highest BCUT2D eigenvalue weighted by molar-refractivity contribution is 5.94. The first kappa shape index (κ1) is 14.6. The van der Waals surface area contributed by atoms with Crippen molar-refractivity contribution in [1.82, 2.24) is 0 Å². The average molecular weight is 248 g/mol. The molecule has 0 saturated heterocycles. The predicted molar refractivity (Wildman–Crippen MR) is 77.6 cm³/mol. The number of unbranched alkanes of at least 4 members (excludes halogenated alkanes) is 4. The maximum Gasteiger partial charge on any atom is 0.224 e. The van der Waals surface area contributed by atoms with Crippen molar-refractivity contribution >= 4 is 17.3 Å². The topological polar surface area (TPSA) is 55.1 Å². The number of amides is 1. The highest BCUT2D eigenvalue weighted by Crippen LogP contribution is 2.22. The Morgan fingerprint density at radius 3 is 2.61 bits per heavy atom. The summed E-state index contributed by atoms with van der Waals surface area (Å²) in [6.45, 7) is 4.14. The summed E-state index contributed by atoms with van der Waals surface area (Å²) in [7, 11) is 0. The lowest BCUT2D eigenvalue weighted by molar-refractivity contribution is -0.116. The number of anilines is 2. The van der Waals surface area contributed by atoms with Crippen LogP contribution in [0, 0.1) is 6.92 Å². The van der Waals surface area contributed by atoms with Crippen LogP contribution < -0.4 is 11.1 Å². The Labute approximate surface area is 110 Å². The molecule has 1 amide bonds. The number of carbonyl (C=O) groups is 1. The standard InChI is InChI=1S/C15H24N2O/c1-3-4-5-6-7-11-14(18)17-15-12(2)9-8-10-13(15)16/h8-10H,3-7,11,16H2,1-2H3,(H,17,18). The van der Waals surface area contributed by atoms with Crippen molar-refractivity contribution in [2.45, 2.75) is 52.4 Å². The summed E-state index contributed by atoms with van der Waals surface area (Å²) in [5.74, 6) is 0.0625. The van der Waals surface area contributed by atoms with E-state index in [0.717, 1.165) is 24.1 Å². The van der Waals surface area contributed by atoms with E-state index in [1.807, 2.05) is 25.1 Å². The highest BCUT2D eigenvalue weighted by Gasteiger charge is 2.07. The normalized spacial score (nSPS) is 10.3. The van der Waals surface area contributed by atoms with Crippen LogP contribution in [0.3, 0.4) is 0 Å². The number of nitrogens with one attached hydrogen (secondary N) is 1. The molecule has 18 heavy (non-hydrogen) atoms. The molecule has 1 rings (SSSR count). The number of rotatable bonds is 7. The molecule has 1 aromatic carbocycles. The van der Waals surface area contributed by atoms with Gasteiger partial charge in [0, 0.05) is 6.42 Å². The van der Waals surface area contributed by atoms with E-state index in [0.29, 0.717) is 12.1 Å². The van der Waals surface area contributed by atoms with Crippen LogP contribution in [0.25, 0.3) is 0 Å². The van der Waals surface area contributed by atoms with E-state index in [4.69, 9.17) is 5.73 Å². The molecule has 3 heteroatoms. The molecule has 0 aliphatic rings. The lowest BCUT2D eigenvalue weighted by Crippen LogP contribution is -2.13. The SMILES string of the molecule is CCCCCCCC(=O)Nc1c(C)cccc1N. The average Bonchev–Trinajstić information content (AvgIpc) is 2.34. The van der Waals surface area contributed by atoms with Gasteiger partial charge in [0.25, 0.3) is 0 Å². The summed E-state index contributed by atoms with van der Waals surface area (Å²) in [6, 6.07) is 5.65. The smallest absolute Gasteiger partial charge is 0.224 e. The number of para-hydroxylation sites is 1. The zero-order valence-electron chi connectivity index (χ0n) is 11.5. The fourth-order valence-corrected chi connectivity index (χ4v) is 1.95. The van der Waals surface area contributed by atoms with E-state index >= 15 is 0 Å². The number of benzene rings is 1. The summed E-state index contributed by atoms with van der Waals surface area (Å²) < 4.78 is 0. The first-order valence-electron chi connectivity index (χ1n) is 6.80. The summed E-state index contributed by atoms with van der Waals surface area (Å²) in [6.07, 6.45) is 6.37. The molecule has 0 atom stereocenters. The van der Waals surface area contributed by atoms with Crippen molar-refractivity contribution in [3.05, 3.63) is 23.8 Å². The first-order chi connectivity index (χ1) is 8.65. The van der Waals surface area contributed by atoms with Gasteiger partial charge in [-0.25, -0.2) is 0 Å². The van der Waals surface area contributed by atoms with Gasteiger partial charge in [0.05, 0.1) is 11.4 Å². The van der Waals surface area contributed by atoms with Gasteiger partial charge in [-0.05, 0) is 25.0 Å². The first-order valence-corrected chi connectivity index (χ1v) is 6.80. The summed E-state index contributed by atoms with van der Waals surface area (Å²) in [4.78, 5) is 11.8. The number of aryl methyl sites for hydroxylation is 1. The second kappa shape index (κ2) is 7.75. The Morgan fingerprint density at radius 1 is 1.22 bits per heavy atom. The number of nitrogen functional groups attached to an aromatic ring is 1. The van der Waals surface area contributed by atoms with Crippen molar-refractivity contribution in [2.75, 3.05) is 11.1 Å². The van der Waals surface area contributed by atoms with Crippen LogP contribution in [0.4, 0.5) is 11.4 Å². The van der Waals surface area contributed by atoms with Crippen molar-refractivity contribution in [2.24, 2.45) is 0 Å². The summed E-state index contributed by atoms with van der Waals surface area (Å²) in [5.41, 5.74) is 8.25. The van der Waals surface area contributed by atoms with E-state index < -0.39 is 0 Å². The second-order valence-corrected chi connectivity index (χ2v) is 4.75. The molecular formula is C15H24N2O. The molecule has 0 unspecified atom stereocenters. The molecule has 3 N–H and O–H groups in total. The third-order valence-corrected chi connectivity index (χ3v) is 3.08. The lowest BCUT2D eigenvalue weighted by Gasteiger charge is -2.10. The maximum absolute atomic E-state index is 11.8. The number of nitrogens with two attached hydrogens (primary N) is 1. The van der Waals surface area contributed by atoms with Crippen LogP contribution in [0.15, 0.2) is 18.2 Å². The summed E-state index contributed by atoms with van der Waals surface area (Å²) >= 11 is 0. The van der Waals surface area contributed by atoms with Crippen molar-refractivity contribution in [1.29, 1.82) is 0 Å². The van der Waals surface area contributed by atoms with Gasteiger partial charge >= 0.3 is 0 Å². The van der Waals surface area contributed by atoms with Crippen LogP contribution in [-0.4, -0.2) is 5.91 Å². The molecular weight excluding hydrogens is 224 g/mol. The second-order valence-electron chi connectivity index (χ2n) is 4.75. The van der Waals surface area contributed by atoms with Crippen LogP contribution in [0.2, 0.25) is 0 Å². The molecule has 0 aliphatic heterocycles. The van der Waals surface area contributed by atoms with Crippen LogP contribution in [-0.2, 0) is 4.79 Å². The molecule has 3 nitrogen and oxygen atoms in total. The number of hydrogen-bond donors (Lipinski definition) is 2. The third kappa shape index (κ3) is 4.78. The van der Waals surface area contributed by atoms with E-state index in [1.54, 1.807) is 0 Å². The largest absolute Gasteiger partial charge is 0.397 e. The Kier molecular flexibility index (Phi) is 6.26. The van der Waals surface area contributed by atoms with Gasteiger partial charge in [-0.1, -0.05) is 44.7 Å². The number of carbonyl (C=O) groups excluding carboxylic acids is 1. The van der Waals surface area contributed by atoms with Crippen LogP contribution in [0.1, 0.15) is 51.0 Å². The third-order valence-electron chi connectivity index (χ3n) is 3.08. The van der Waals surface area contributed by atoms with E-state index in [2.05, 4.69) is 12.2 Å². The fourth-order valence-electron chi connectivity index (χ4n) is 1.95. The van der Waals surface area contributed by atoms with Gasteiger partial charge in [-0.15, -0.1) is 0 Å². The van der Waals surface area contributed by atoms with Crippen molar-refractivity contribution in [3.63, 3.8) is 0 Å². The van der Waals surface area contributed by atoms with Gasteiger partial charge in [0.15, 0.2) is 0 Å². The van der Waals surface area contributed by atoms with Crippen LogP contribution in [0.5, 0.6) is 0 Å². The molecule has 0 heterocycles. The molecule has 0 radical (unpaired) electrons. The van der Waals surface area contributed by atoms with Crippen molar-refractivity contribution in [3.8, 4) is 0 Å². The van der Waals surface area contributed by atoms with Gasteiger partial charge < -0.3 is 11.1 Å². The molecule has 0 fully saturated rings. The zero-order chi connectivity index (χ0) is 13.4. The fraction of sp³-hybridized carbons (Fsp3) is 0.533. The molecule has 0 bridgehead atoms. The monoisotopic (exact) mass is 248 g/mol. The van der Waals surface area contributed by atoms with Crippen molar-refractivity contribution < 1.29 is 4.79 Å². The minimum absolute atomic E-state index is 0.0625. The molecule has 100 valence electrons. The zero-order valence-corrected chi connectivity index (χ0v) is 11.5. The quantitative estimate of drug-likeness (QED) is 0.568. The molecule has 0 aliphatic carbocycles. The minimum Gasteiger partial charge on any atom is -0.397 e. The molecule has 0 aromatic heterocycles. The molecule has 0 saturated carbocycles. The Bertz CT molecular complexity index is 368. The predicted octanol–water partition coefficient (Wildman–Crippen LogP) is 3.88.